The highest BCUT2D eigenvalue weighted by Gasteiger charge is 2.28. The summed E-state index contributed by atoms with van der Waals surface area (Å²) in [6.07, 6.45) is -0.414. The number of amides is 1. The van der Waals surface area contributed by atoms with Crippen LogP contribution in [0.5, 0.6) is 0 Å². The molecule has 8 bridgehead atoms. The fraction of sp³-hybridized carbons (Fsp3) is 0.429. The van der Waals surface area contributed by atoms with Gasteiger partial charge < -0.3 is 15.4 Å². The molecule has 40 heavy (non-hydrogen) atoms. The highest BCUT2D eigenvalue weighted by molar-refractivity contribution is 5.78. The summed E-state index contributed by atoms with van der Waals surface area (Å²) in [7, 11) is 0. The van der Waals surface area contributed by atoms with E-state index in [1.54, 1.807) is 18.5 Å². The van der Waals surface area contributed by atoms with Gasteiger partial charge in [-0.15, -0.1) is 0 Å². The van der Waals surface area contributed by atoms with E-state index in [-0.39, 0.29) is 25.5 Å². The van der Waals surface area contributed by atoms with Gasteiger partial charge in [-0.1, -0.05) is 12.1 Å². The third-order valence-corrected chi connectivity index (χ3v) is 6.89. The van der Waals surface area contributed by atoms with Gasteiger partial charge in [0.05, 0.1) is 12.2 Å². The minimum atomic E-state index is -4.39. The predicted molar refractivity (Wildman–Crippen MR) is 144 cm³/mol. The second-order valence-corrected chi connectivity index (χ2v) is 10.1. The zero-order valence-electron chi connectivity index (χ0n) is 22.0. The monoisotopic (exact) mass is 555 g/mol. The molecule has 1 fully saturated rings. The molecule has 1 saturated heterocycles. The Morgan fingerprint density at radius 2 is 1.80 bits per heavy atom. The fourth-order valence-electron chi connectivity index (χ4n) is 4.88. The summed E-state index contributed by atoms with van der Waals surface area (Å²) in [5, 5.41) is 6.29. The van der Waals surface area contributed by atoms with E-state index in [4.69, 9.17) is 4.74 Å². The van der Waals surface area contributed by atoms with E-state index in [1.165, 1.54) is 0 Å². The maximum absolute atomic E-state index is 12.9. The quantitative estimate of drug-likeness (QED) is 0.473. The number of aromatic nitrogens is 3. The van der Waals surface area contributed by atoms with Crippen molar-refractivity contribution in [1.82, 2.24) is 30.1 Å². The molecule has 1 amide bonds. The lowest BCUT2D eigenvalue weighted by atomic mass is 10.1. The number of carbonyl (C=O) groups excluding carboxylic acids is 1. The van der Waals surface area contributed by atoms with Crippen LogP contribution in [0.15, 0.2) is 54.9 Å². The lowest BCUT2D eigenvalue weighted by Crippen LogP contribution is -2.50. The van der Waals surface area contributed by atoms with Gasteiger partial charge in [-0.3, -0.25) is 19.6 Å². The molecule has 2 aromatic heterocycles. The van der Waals surface area contributed by atoms with Crippen molar-refractivity contribution in [3.63, 3.8) is 0 Å². The summed E-state index contributed by atoms with van der Waals surface area (Å²) < 4.78 is 42.4. The van der Waals surface area contributed by atoms with Crippen molar-refractivity contribution in [1.29, 1.82) is 0 Å². The van der Waals surface area contributed by atoms with Crippen LogP contribution in [-0.4, -0.2) is 88.8 Å². The third kappa shape index (κ3) is 8.20. The summed E-state index contributed by atoms with van der Waals surface area (Å²) in [5.41, 5.74) is 4.25. The van der Waals surface area contributed by atoms with Crippen LogP contribution in [0, 0.1) is 0 Å². The van der Waals surface area contributed by atoms with Gasteiger partial charge in [-0.05, 0) is 42.3 Å². The maximum Gasteiger partial charge on any atom is 0.411 e. The maximum atomic E-state index is 12.9. The van der Waals surface area contributed by atoms with Crippen LogP contribution in [0.4, 0.5) is 24.8 Å². The summed E-state index contributed by atoms with van der Waals surface area (Å²) in [5.74, 6) is 0.309. The first-order chi connectivity index (χ1) is 19.3. The van der Waals surface area contributed by atoms with Gasteiger partial charge in [0.15, 0.2) is 0 Å². The molecule has 12 heteroatoms. The lowest BCUT2D eigenvalue weighted by molar-refractivity contribution is -0.174. The van der Waals surface area contributed by atoms with Gasteiger partial charge in [0.25, 0.3) is 0 Å². The number of hydrogen-bond acceptors (Lipinski definition) is 8. The molecule has 9 nitrogen and oxygen atoms in total. The summed E-state index contributed by atoms with van der Waals surface area (Å²) in [6, 6.07) is 13.3. The van der Waals surface area contributed by atoms with E-state index < -0.39 is 18.8 Å². The minimum Gasteiger partial charge on any atom is -0.372 e. The van der Waals surface area contributed by atoms with Crippen LogP contribution in [-0.2, 0) is 22.5 Å². The molecule has 3 aromatic rings. The molecule has 1 aromatic carbocycles. The van der Waals surface area contributed by atoms with Crippen molar-refractivity contribution in [2.24, 2.45) is 0 Å². The zero-order valence-corrected chi connectivity index (χ0v) is 22.0. The molecule has 0 aliphatic carbocycles. The molecule has 0 spiro atoms. The first-order valence-corrected chi connectivity index (χ1v) is 13.3. The number of halogens is 3. The fourth-order valence-corrected chi connectivity index (χ4v) is 4.88. The number of ether oxygens (including phenoxy) is 1. The topological polar surface area (TPSA) is 95.5 Å². The van der Waals surface area contributed by atoms with E-state index in [1.807, 2.05) is 24.3 Å². The van der Waals surface area contributed by atoms with Crippen molar-refractivity contribution < 1.29 is 22.7 Å². The number of nitrogens with one attached hydrogen (secondary N) is 2. The second kappa shape index (κ2) is 12.7. The standard InChI is InChI=1S/C28H32F3N7O2/c29-28(30,31)19-40-13-7-24-15-22-5-4-21(16-33-22)25-6-8-32-27(36-25)35-23-3-1-2-20(14-23)17-37-9-11-38(12-10-37)18-26(39)34-24/h1-6,8,14,16,24H,7,9-13,15,17-19H2,(H,34,39)(H,32,35,36). The molecule has 0 radical (unpaired) electrons. The van der Waals surface area contributed by atoms with Crippen molar-refractivity contribution >= 4 is 17.5 Å². The van der Waals surface area contributed by atoms with Crippen LogP contribution in [0.3, 0.4) is 0 Å². The summed E-state index contributed by atoms with van der Waals surface area (Å²) in [4.78, 5) is 30.9. The smallest absolute Gasteiger partial charge is 0.372 e. The molecule has 5 aliphatic rings. The van der Waals surface area contributed by atoms with Gasteiger partial charge in [0.2, 0.25) is 11.9 Å². The van der Waals surface area contributed by atoms with Crippen LogP contribution in [0.25, 0.3) is 11.3 Å². The Kier molecular flexibility index (Phi) is 8.88. The van der Waals surface area contributed by atoms with E-state index in [0.29, 0.717) is 23.8 Å². The SMILES string of the molecule is O=C1CN2CCN(CC2)Cc2cccc(c2)Nc2nccc(n2)-c2ccc(nc2)CC(CCOCC(F)(F)F)N1. The Morgan fingerprint density at radius 1 is 1.00 bits per heavy atom. The molecular weight excluding hydrogens is 523 g/mol. The zero-order chi connectivity index (χ0) is 28.0. The Morgan fingerprint density at radius 3 is 2.55 bits per heavy atom. The minimum absolute atomic E-state index is 0.126. The highest BCUT2D eigenvalue weighted by Crippen LogP contribution is 2.21. The molecule has 5 aliphatic heterocycles. The van der Waals surface area contributed by atoms with Crippen molar-refractivity contribution in [3.8, 4) is 11.3 Å². The van der Waals surface area contributed by atoms with Gasteiger partial charge >= 0.3 is 6.18 Å². The number of alkyl halides is 3. The average molecular weight is 556 g/mol. The van der Waals surface area contributed by atoms with Crippen molar-refractivity contribution in [2.45, 2.75) is 31.6 Å². The Labute approximate surface area is 230 Å². The third-order valence-electron chi connectivity index (χ3n) is 6.89. The predicted octanol–water partition coefficient (Wildman–Crippen LogP) is 3.41. The molecule has 2 N–H and O–H groups in total. The largest absolute Gasteiger partial charge is 0.411 e. The Bertz CT molecular complexity index is 1280. The second-order valence-electron chi connectivity index (χ2n) is 10.1. The van der Waals surface area contributed by atoms with E-state index in [0.717, 1.165) is 49.5 Å². The number of benzene rings is 1. The molecule has 1 unspecified atom stereocenters. The van der Waals surface area contributed by atoms with Gasteiger partial charge in [0.1, 0.15) is 6.61 Å². The normalized spacial score (nSPS) is 21.8. The van der Waals surface area contributed by atoms with Crippen LogP contribution < -0.4 is 10.6 Å². The van der Waals surface area contributed by atoms with Crippen LogP contribution in [0.2, 0.25) is 0 Å². The van der Waals surface area contributed by atoms with Crippen LogP contribution in [0.1, 0.15) is 17.7 Å². The molecular formula is C28H32F3N7O2. The number of hydrogen-bond donors (Lipinski definition) is 2. The number of anilines is 2. The number of carbonyl (C=O) groups is 1. The number of piperazine rings is 1. The summed E-state index contributed by atoms with van der Waals surface area (Å²) in [6.45, 7) is 2.70. The van der Waals surface area contributed by atoms with E-state index in [9.17, 15) is 18.0 Å². The summed E-state index contributed by atoms with van der Waals surface area (Å²) >= 11 is 0. The number of pyridine rings is 1. The van der Waals surface area contributed by atoms with Crippen molar-refractivity contribution in [2.75, 3.05) is 51.3 Å². The molecule has 1 atom stereocenters. The van der Waals surface area contributed by atoms with Gasteiger partial charge in [-0.2, -0.15) is 13.2 Å². The van der Waals surface area contributed by atoms with Gasteiger partial charge in [-0.25, -0.2) is 9.97 Å². The van der Waals surface area contributed by atoms with Gasteiger partial charge in [0, 0.05) is 81.1 Å². The molecule has 212 valence electrons. The average Bonchev–Trinajstić information content (AvgIpc) is 2.92. The van der Waals surface area contributed by atoms with Crippen molar-refractivity contribution in [3.05, 3.63) is 66.1 Å². The highest BCUT2D eigenvalue weighted by atomic mass is 19.4. The number of nitrogens with zero attached hydrogens (tertiary/aromatic N) is 5. The molecule has 0 saturated carbocycles. The first-order valence-electron chi connectivity index (χ1n) is 13.3. The van der Waals surface area contributed by atoms with E-state index >= 15 is 0 Å². The molecule has 8 rings (SSSR count). The first kappa shape index (κ1) is 27.9. The Hall–Kier alpha value is -3.61. The Balaban J connectivity index is 1.36. The van der Waals surface area contributed by atoms with E-state index in [2.05, 4.69) is 47.5 Å². The lowest BCUT2D eigenvalue weighted by Gasteiger charge is -2.34. The number of rotatable bonds is 4. The van der Waals surface area contributed by atoms with Crippen LogP contribution >= 0.6 is 0 Å². The molecule has 7 heterocycles.